The van der Waals surface area contributed by atoms with Crippen LogP contribution in [0.2, 0.25) is 0 Å². The Balaban J connectivity index is 1.63. The van der Waals surface area contributed by atoms with Crippen LogP contribution >= 0.6 is 0 Å². The highest BCUT2D eigenvalue weighted by Gasteiger charge is 2.26. The largest absolute Gasteiger partial charge is 0.496 e. The van der Waals surface area contributed by atoms with E-state index in [1.54, 1.807) is 20.4 Å². The second-order valence-corrected chi connectivity index (χ2v) is 7.77. The molecule has 31 heavy (non-hydrogen) atoms. The molecule has 1 saturated heterocycles. The van der Waals surface area contributed by atoms with E-state index < -0.39 is 0 Å². The monoisotopic (exact) mass is 424 g/mol. The number of hydrogen-bond acceptors (Lipinski definition) is 5. The van der Waals surface area contributed by atoms with E-state index in [2.05, 4.69) is 37.6 Å². The molecular weight excluding hydrogens is 392 g/mol. The molecular formula is C23H32N6O2. The van der Waals surface area contributed by atoms with Crippen molar-refractivity contribution in [1.82, 2.24) is 15.6 Å². The summed E-state index contributed by atoms with van der Waals surface area (Å²) in [5.74, 6) is 2.06. The van der Waals surface area contributed by atoms with Gasteiger partial charge in [0.15, 0.2) is 5.96 Å². The first-order chi connectivity index (χ1) is 15.0. The number of anilines is 1. The van der Waals surface area contributed by atoms with E-state index in [-0.39, 0.29) is 11.8 Å². The number of nitrogens with one attached hydrogen (secondary N) is 2. The minimum Gasteiger partial charge on any atom is -0.496 e. The number of aromatic nitrogens is 1. The van der Waals surface area contributed by atoms with Crippen molar-refractivity contribution in [2.75, 3.05) is 32.1 Å². The number of methoxy groups -OCH3 is 1. The molecule has 0 spiro atoms. The number of primary amides is 1. The fraction of sp³-hybridized carbons (Fsp3) is 0.435. The lowest BCUT2D eigenvalue weighted by Gasteiger charge is -2.33. The standard InChI is InChI=1S/C23H32N6O2/c1-16-8-9-17(20(12-16)31-3)13-27-23(25-2)28-14-18-6-4-10-26-22(18)29-11-5-7-19(15-29)21(24)30/h4,6,8-10,12,19H,5,7,11,13-15H2,1-3H3,(H2,24,30)(H2,25,27,28). The first-order valence-corrected chi connectivity index (χ1v) is 10.6. The van der Waals surface area contributed by atoms with Gasteiger partial charge in [0.05, 0.1) is 13.0 Å². The van der Waals surface area contributed by atoms with E-state index in [9.17, 15) is 4.79 Å². The molecule has 2 aromatic rings. The molecule has 1 atom stereocenters. The summed E-state index contributed by atoms with van der Waals surface area (Å²) in [5.41, 5.74) is 8.80. The lowest BCUT2D eigenvalue weighted by Crippen LogP contribution is -2.42. The third-order valence-electron chi connectivity index (χ3n) is 5.55. The predicted octanol–water partition coefficient (Wildman–Crippen LogP) is 1.97. The summed E-state index contributed by atoms with van der Waals surface area (Å²) in [6, 6.07) is 10.1. The number of aryl methyl sites for hydroxylation is 1. The van der Waals surface area contributed by atoms with Crippen LogP contribution in [0.15, 0.2) is 41.5 Å². The minimum absolute atomic E-state index is 0.129. The number of amides is 1. The average molecular weight is 425 g/mol. The van der Waals surface area contributed by atoms with Gasteiger partial charge in [-0.2, -0.15) is 0 Å². The highest BCUT2D eigenvalue weighted by Crippen LogP contribution is 2.24. The fourth-order valence-electron chi connectivity index (χ4n) is 3.83. The molecule has 1 fully saturated rings. The lowest BCUT2D eigenvalue weighted by molar-refractivity contribution is -0.122. The van der Waals surface area contributed by atoms with Gasteiger partial charge in [0, 0.05) is 50.6 Å². The molecule has 8 heteroatoms. The molecule has 1 amide bonds. The zero-order valence-electron chi connectivity index (χ0n) is 18.5. The van der Waals surface area contributed by atoms with Gasteiger partial charge in [0.1, 0.15) is 11.6 Å². The van der Waals surface area contributed by atoms with Crippen LogP contribution in [-0.4, -0.2) is 44.1 Å². The Morgan fingerprint density at radius 1 is 1.29 bits per heavy atom. The molecule has 1 aromatic carbocycles. The van der Waals surface area contributed by atoms with E-state index in [1.165, 1.54) is 0 Å². The number of nitrogens with zero attached hydrogens (tertiary/aromatic N) is 3. The number of guanidine groups is 1. The highest BCUT2D eigenvalue weighted by atomic mass is 16.5. The van der Waals surface area contributed by atoms with E-state index in [4.69, 9.17) is 10.5 Å². The summed E-state index contributed by atoms with van der Waals surface area (Å²) in [5, 5.41) is 6.69. The SMILES string of the molecule is CN=C(NCc1ccc(C)cc1OC)NCc1cccnc1N1CCCC(C(N)=O)C1. The number of ether oxygens (including phenoxy) is 1. The minimum atomic E-state index is -0.239. The van der Waals surface area contributed by atoms with E-state index in [1.807, 2.05) is 25.1 Å². The summed E-state index contributed by atoms with van der Waals surface area (Å²) in [6.45, 7) is 4.67. The number of aliphatic imine (C=N–C) groups is 1. The molecule has 0 aliphatic carbocycles. The molecule has 8 nitrogen and oxygen atoms in total. The van der Waals surface area contributed by atoms with Crippen molar-refractivity contribution < 1.29 is 9.53 Å². The normalized spacial score (nSPS) is 16.7. The Hall–Kier alpha value is -3.29. The Morgan fingerprint density at radius 2 is 2.06 bits per heavy atom. The van der Waals surface area contributed by atoms with Gasteiger partial charge < -0.3 is 26.0 Å². The molecule has 1 aromatic heterocycles. The molecule has 166 valence electrons. The maximum absolute atomic E-state index is 11.7. The lowest BCUT2D eigenvalue weighted by atomic mass is 9.97. The van der Waals surface area contributed by atoms with Crippen molar-refractivity contribution in [2.45, 2.75) is 32.9 Å². The van der Waals surface area contributed by atoms with Crippen LogP contribution in [0, 0.1) is 12.8 Å². The number of benzene rings is 1. The van der Waals surface area contributed by atoms with Crippen LogP contribution in [0.5, 0.6) is 5.75 Å². The van der Waals surface area contributed by atoms with Crippen molar-refractivity contribution in [1.29, 1.82) is 0 Å². The molecule has 0 radical (unpaired) electrons. The number of nitrogens with two attached hydrogens (primary N) is 1. The van der Waals surface area contributed by atoms with Gasteiger partial charge in [-0.25, -0.2) is 4.98 Å². The van der Waals surface area contributed by atoms with Crippen LogP contribution in [0.25, 0.3) is 0 Å². The second kappa shape index (κ2) is 10.7. The van der Waals surface area contributed by atoms with Gasteiger partial charge in [-0.3, -0.25) is 9.79 Å². The molecule has 1 aliphatic heterocycles. The van der Waals surface area contributed by atoms with Crippen molar-refractivity contribution in [3.63, 3.8) is 0 Å². The zero-order valence-corrected chi connectivity index (χ0v) is 18.5. The smallest absolute Gasteiger partial charge is 0.222 e. The van der Waals surface area contributed by atoms with Gasteiger partial charge in [-0.1, -0.05) is 18.2 Å². The first kappa shape index (κ1) is 22.4. The number of rotatable bonds is 7. The topological polar surface area (TPSA) is 105 Å². The second-order valence-electron chi connectivity index (χ2n) is 7.77. The molecule has 4 N–H and O–H groups in total. The molecule has 3 rings (SSSR count). The van der Waals surface area contributed by atoms with Crippen LogP contribution in [0.1, 0.15) is 29.5 Å². The van der Waals surface area contributed by atoms with Gasteiger partial charge in [-0.05, 0) is 37.5 Å². The molecule has 0 saturated carbocycles. The van der Waals surface area contributed by atoms with Gasteiger partial charge >= 0.3 is 0 Å². The van der Waals surface area contributed by atoms with Crippen molar-refractivity contribution in [3.05, 3.63) is 53.2 Å². The molecule has 1 unspecified atom stereocenters. The average Bonchev–Trinajstić information content (AvgIpc) is 2.80. The summed E-state index contributed by atoms with van der Waals surface area (Å²) < 4.78 is 5.48. The van der Waals surface area contributed by atoms with Crippen LogP contribution in [0.3, 0.4) is 0 Å². The van der Waals surface area contributed by atoms with Crippen molar-refractivity contribution in [3.8, 4) is 5.75 Å². The number of hydrogen-bond donors (Lipinski definition) is 3. The Labute approximate surface area is 183 Å². The molecule has 2 heterocycles. The molecule has 0 bridgehead atoms. The summed E-state index contributed by atoms with van der Waals surface area (Å²) in [7, 11) is 3.42. The Bertz CT molecular complexity index is 930. The van der Waals surface area contributed by atoms with Crippen LogP contribution in [-0.2, 0) is 17.9 Å². The predicted molar refractivity (Wildman–Crippen MR) is 123 cm³/mol. The van der Waals surface area contributed by atoms with E-state index >= 15 is 0 Å². The third-order valence-corrected chi connectivity index (χ3v) is 5.55. The fourth-order valence-corrected chi connectivity index (χ4v) is 3.83. The Kier molecular flexibility index (Phi) is 7.70. The summed E-state index contributed by atoms with van der Waals surface area (Å²) in [6.07, 6.45) is 3.55. The van der Waals surface area contributed by atoms with Crippen LogP contribution in [0.4, 0.5) is 5.82 Å². The quantitative estimate of drug-likeness (QED) is 0.464. The van der Waals surface area contributed by atoms with E-state index in [0.29, 0.717) is 25.6 Å². The molecule has 1 aliphatic rings. The number of piperidine rings is 1. The van der Waals surface area contributed by atoms with Gasteiger partial charge in [0.25, 0.3) is 0 Å². The zero-order chi connectivity index (χ0) is 22.2. The third kappa shape index (κ3) is 5.87. The van der Waals surface area contributed by atoms with Crippen molar-refractivity contribution in [2.24, 2.45) is 16.6 Å². The summed E-state index contributed by atoms with van der Waals surface area (Å²) >= 11 is 0. The summed E-state index contributed by atoms with van der Waals surface area (Å²) in [4.78, 5) is 22.7. The number of carbonyl (C=O) groups excluding carboxylic acids is 1. The first-order valence-electron chi connectivity index (χ1n) is 10.6. The van der Waals surface area contributed by atoms with E-state index in [0.717, 1.165) is 47.6 Å². The Morgan fingerprint density at radius 3 is 2.77 bits per heavy atom. The van der Waals surface area contributed by atoms with Gasteiger partial charge in [-0.15, -0.1) is 0 Å². The number of carbonyl (C=O) groups is 1. The van der Waals surface area contributed by atoms with Crippen molar-refractivity contribution >= 4 is 17.7 Å². The maximum atomic E-state index is 11.7. The van der Waals surface area contributed by atoms with Gasteiger partial charge in [0.2, 0.25) is 5.91 Å². The highest BCUT2D eigenvalue weighted by molar-refractivity contribution is 5.80. The number of pyridine rings is 1. The van der Waals surface area contributed by atoms with Crippen LogP contribution < -0.4 is 26.0 Å². The maximum Gasteiger partial charge on any atom is 0.222 e.